The van der Waals surface area contributed by atoms with E-state index in [9.17, 15) is 8.42 Å². The van der Waals surface area contributed by atoms with E-state index in [2.05, 4.69) is 20.9 Å². The van der Waals surface area contributed by atoms with Crippen molar-refractivity contribution in [3.63, 3.8) is 0 Å². The summed E-state index contributed by atoms with van der Waals surface area (Å²) in [5, 5.41) is 0.766. The van der Waals surface area contributed by atoms with Gasteiger partial charge in [0, 0.05) is 28.4 Å². The number of aromatic nitrogens is 2. The maximum atomic E-state index is 12.6. The van der Waals surface area contributed by atoms with E-state index in [4.69, 9.17) is 0 Å². The fourth-order valence-corrected chi connectivity index (χ4v) is 3.95. The SMILES string of the molecule is O=S(=O)(c1ccccc1)n1cc(Br)c2cnccc21. The van der Waals surface area contributed by atoms with Crippen LogP contribution in [-0.4, -0.2) is 17.4 Å². The number of hydrogen-bond acceptors (Lipinski definition) is 3. The van der Waals surface area contributed by atoms with Gasteiger partial charge in [-0.25, -0.2) is 12.4 Å². The van der Waals surface area contributed by atoms with Gasteiger partial charge >= 0.3 is 0 Å². The average Bonchev–Trinajstić information content (AvgIpc) is 2.79. The number of rotatable bonds is 2. The molecule has 0 radical (unpaired) electrons. The van der Waals surface area contributed by atoms with E-state index in [1.54, 1.807) is 55.0 Å². The monoisotopic (exact) mass is 336 g/mol. The molecule has 4 nitrogen and oxygen atoms in total. The Balaban J connectivity index is 2.31. The van der Waals surface area contributed by atoms with Crippen molar-refractivity contribution in [2.75, 3.05) is 0 Å². The smallest absolute Gasteiger partial charge is 0.264 e. The van der Waals surface area contributed by atoms with Crippen molar-refractivity contribution in [2.24, 2.45) is 0 Å². The summed E-state index contributed by atoms with van der Waals surface area (Å²) in [6.07, 6.45) is 4.76. The van der Waals surface area contributed by atoms with Crippen molar-refractivity contribution in [3.05, 3.63) is 59.5 Å². The van der Waals surface area contributed by atoms with Crippen LogP contribution in [0.5, 0.6) is 0 Å². The fourth-order valence-electron chi connectivity index (χ4n) is 1.91. The topological polar surface area (TPSA) is 52.0 Å². The summed E-state index contributed by atoms with van der Waals surface area (Å²) in [5.41, 5.74) is 0.603. The third kappa shape index (κ3) is 1.97. The molecular weight excluding hydrogens is 328 g/mol. The van der Waals surface area contributed by atoms with Crippen LogP contribution >= 0.6 is 15.9 Å². The zero-order valence-corrected chi connectivity index (χ0v) is 12.1. The van der Waals surface area contributed by atoms with Crippen molar-refractivity contribution in [1.29, 1.82) is 0 Å². The van der Waals surface area contributed by atoms with Gasteiger partial charge in [0.25, 0.3) is 10.0 Å². The minimum absolute atomic E-state index is 0.260. The highest BCUT2D eigenvalue weighted by Crippen LogP contribution is 2.28. The lowest BCUT2D eigenvalue weighted by Crippen LogP contribution is -2.11. The zero-order valence-electron chi connectivity index (χ0n) is 9.69. The summed E-state index contributed by atoms with van der Waals surface area (Å²) in [6, 6.07) is 10.0. The molecule has 0 unspecified atom stereocenters. The number of halogens is 1. The molecule has 0 N–H and O–H groups in total. The summed E-state index contributed by atoms with van der Waals surface area (Å²) in [5.74, 6) is 0. The summed E-state index contributed by atoms with van der Waals surface area (Å²) < 4.78 is 27.1. The predicted octanol–water partition coefficient (Wildman–Crippen LogP) is 3.04. The van der Waals surface area contributed by atoms with Crippen LogP contribution < -0.4 is 0 Å². The minimum atomic E-state index is -3.59. The van der Waals surface area contributed by atoms with Gasteiger partial charge in [-0.2, -0.15) is 0 Å². The second-order valence-corrected chi connectivity index (χ2v) is 6.65. The van der Waals surface area contributed by atoms with Crippen LogP contribution in [0.25, 0.3) is 10.9 Å². The zero-order chi connectivity index (χ0) is 13.5. The Bertz CT molecular complexity index is 841. The number of hydrogen-bond donors (Lipinski definition) is 0. The molecule has 0 aliphatic heterocycles. The van der Waals surface area contributed by atoms with Crippen molar-refractivity contribution in [3.8, 4) is 0 Å². The van der Waals surface area contributed by atoms with Gasteiger partial charge in [-0.15, -0.1) is 0 Å². The van der Waals surface area contributed by atoms with Crippen LogP contribution in [0.2, 0.25) is 0 Å². The molecule has 3 rings (SSSR count). The van der Waals surface area contributed by atoms with Gasteiger partial charge in [0.1, 0.15) is 0 Å². The molecule has 6 heteroatoms. The van der Waals surface area contributed by atoms with E-state index >= 15 is 0 Å². The van der Waals surface area contributed by atoms with E-state index in [1.807, 2.05) is 0 Å². The summed E-state index contributed by atoms with van der Waals surface area (Å²) in [7, 11) is -3.59. The molecule has 0 saturated heterocycles. The quantitative estimate of drug-likeness (QED) is 0.722. The molecule has 0 aliphatic rings. The second-order valence-electron chi connectivity index (χ2n) is 3.98. The van der Waals surface area contributed by atoms with Crippen LogP contribution in [0.4, 0.5) is 0 Å². The number of pyridine rings is 1. The van der Waals surface area contributed by atoms with Crippen LogP contribution in [0, 0.1) is 0 Å². The molecule has 0 spiro atoms. The minimum Gasteiger partial charge on any atom is -0.264 e. The largest absolute Gasteiger partial charge is 0.268 e. The van der Waals surface area contributed by atoms with Crippen molar-refractivity contribution in [1.82, 2.24) is 8.96 Å². The van der Waals surface area contributed by atoms with Crippen LogP contribution in [0.15, 0.2) is 64.4 Å². The Morgan fingerprint density at radius 2 is 1.84 bits per heavy atom. The molecule has 0 aliphatic carbocycles. The van der Waals surface area contributed by atoms with Gasteiger partial charge in [0.2, 0.25) is 0 Å². The van der Waals surface area contributed by atoms with Gasteiger partial charge in [0.15, 0.2) is 0 Å². The lowest BCUT2D eigenvalue weighted by Gasteiger charge is -2.06. The first-order valence-corrected chi connectivity index (χ1v) is 7.75. The molecule has 0 saturated carbocycles. The third-order valence-corrected chi connectivity index (χ3v) is 5.14. The van der Waals surface area contributed by atoms with Gasteiger partial charge in [-0.3, -0.25) is 4.98 Å². The Morgan fingerprint density at radius 3 is 2.58 bits per heavy atom. The van der Waals surface area contributed by atoms with Crippen LogP contribution in [-0.2, 0) is 10.0 Å². The highest BCUT2D eigenvalue weighted by atomic mass is 79.9. The standard InChI is InChI=1S/C13H9BrN2O2S/c14-12-9-16(13-6-7-15-8-11(12)13)19(17,18)10-4-2-1-3-5-10/h1-9H. The van der Waals surface area contributed by atoms with E-state index in [-0.39, 0.29) is 4.90 Å². The fraction of sp³-hybridized carbons (Fsp3) is 0. The summed E-state index contributed by atoms with van der Waals surface area (Å²) in [4.78, 5) is 4.26. The van der Waals surface area contributed by atoms with Gasteiger partial charge < -0.3 is 0 Å². The van der Waals surface area contributed by atoms with Gasteiger partial charge in [0.05, 0.1) is 10.4 Å². The van der Waals surface area contributed by atoms with E-state index in [1.165, 1.54) is 3.97 Å². The van der Waals surface area contributed by atoms with E-state index < -0.39 is 10.0 Å². The Hall–Kier alpha value is -1.66. The first-order chi connectivity index (χ1) is 9.10. The molecule has 0 fully saturated rings. The molecule has 0 amide bonds. The second kappa shape index (κ2) is 4.47. The molecular formula is C13H9BrN2O2S. The summed E-state index contributed by atoms with van der Waals surface area (Å²) in [6.45, 7) is 0. The van der Waals surface area contributed by atoms with Gasteiger partial charge in [-0.1, -0.05) is 18.2 Å². The highest BCUT2D eigenvalue weighted by Gasteiger charge is 2.20. The molecule has 2 heterocycles. The van der Waals surface area contributed by atoms with Crippen molar-refractivity contribution in [2.45, 2.75) is 4.90 Å². The maximum absolute atomic E-state index is 12.6. The molecule has 2 aromatic heterocycles. The molecule has 1 aromatic carbocycles. The Kier molecular flexibility index (Phi) is 2.91. The lowest BCUT2D eigenvalue weighted by molar-refractivity contribution is 0.589. The van der Waals surface area contributed by atoms with Crippen molar-refractivity contribution < 1.29 is 8.42 Å². The Morgan fingerprint density at radius 1 is 1.11 bits per heavy atom. The molecule has 96 valence electrons. The molecule has 0 bridgehead atoms. The predicted molar refractivity (Wildman–Crippen MR) is 76.5 cm³/mol. The van der Waals surface area contributed by atoms with Crippen LogP contribution in [0.1, 0.15) is 0 Å². The average molecular weight is 337 g/mol. The van der Waals surface area contributed by atoms with E-state index in [0.29, 0.717) is 9.99 Å². The Labute approximate surface area is 118 Å². The maximum Gasteiger partial charge on any atom is 0.268 e. The normalized spacial score (nSPS) is 11.8. The first-order valence-electron chi connectivity index (χ1n) is 5.52. The third-order valence-electron chi connectivity index (χ3n) is 2.82. The van der Waals surface area contributed by atoms with Crippen molar-refractivity contribution >= 4 is 36.9 Å². The first kappa shape index (κ1) is 12.4. The number of nitrogens with zero attached hydrogens (tertiary/aromatic N) is 2. The lowest BCUT2D eigenvalue weighted by atomic mass is 10.3. The number of benzene rings is 1. The number of fused-ring (bicyclic) bond motifs is 1. The highest BCUT2D eigenvalue weighted by molar-refractivity contribution is 9.10. The molecule has 19 heavy (non-hydrogen) atoms. The molecule has 0 atom stereocenters. The van der Waals surface area contributed by atoms with E-state index in [0.717, 1.165) is 5.39 Å². The van der Waals surface area contributed by atoms with Crippen LogP contribution in [0.3, 0.4) is 0 Å². The van der Waals surface area contributed by atoms with Gasteiger partial charge in [-0.05, 0) is 34.1 Å². The summed E-state index contributed by atoms with van der Waals surface area (Å²) >= 11 is 3.36. The molecule has 3 aromatic rings.